The van der Waals surface area contributed by atoms with Crippen LogP contribution in [0.2, 0.25) is 0 Å². The Morgan fingerprint density at radius 1 is 1.06 bits per heavy atom. The van der Waals surface area contributed by atoms with E-state index in [9.17, 15) is 20.2 Å². The molecule has 0 fully saturated rings. The Balaban J connectivity index is 3.58. The van der Waals surface area contributed by atoms with Gasteiger partial charge < -0.3 is 0 Å². The molecular formula is C10H12N2O4. The monoisotopic (exact) mass is 224 g/mol. The van der Waals surface area contributed by atoms with Gasteiger partial charge in [0.05, 0.1) is 9.85 Å². The number of nitro groups is 2. The van der Waals surface area contributed by atoms with Gasteiger partial charge in [0.1, 0.15) is 0 Å². The zero-order valence-electron chi connectivity index (χ0n) is 9.26. The lowest BCUT2D eigenvalue weighted by Crippen LogP contribution is -2.14. The van der Waals surface area contributed by atoms with E-state index in [0.717, 1.165) is 6.07 Å². The van der Waals surface area contributed by atoms with Crippen molar-refractivity contribution >= 4 is 11.4 Å². The van der Waals surface area contributed by atoms with Crippen LogP contribution in [-0.2, 0) is 5.41 Å². The molecule has 0 radical (unpaired) electrons. The molecule has 6 nitrogen and oxygen atoms in total. The summed E-state index contributed by atoms with van der Waals surface area (Å²) in [4.78, 5) is 20.2. The van der Waals surface area contributed by atoms with Gasteiger partial charge in [-0.1, -0.05) is 32.9 Å². The maximum absolute atomic E-state index is 10.9. The van der Waals surface area contributed by atoms with Gasteiger partial charge in [-0.25, -0.2) is 0 Å². The molecule has 0 bridgehead atoms. The molecule has 0 saturated heterocycles. The fraction of sp³-hybridized carbons (Fsp3) is 0.400. The van der Waals surface area contributed by atoms with Crippen molar-refractivity contribution in [2.75, 3.05) is 0 Å². The van der Waals surface area contributed by atoms with Crippen LogP contribution >= 0.6 is 0 Å². The van der Waals surface area contributed by atoms with Crippen LogP contribution in [-0.4, -0.2) is 9.85 Å². The number of hydrogen-bond donors (Lipinski definition) is 0. The van der Waals surface area contributed by atoms with Crippen LogP contribution < -0.4 is 0 Å². The Morgan fingerprint density at radius 2 is 1.62 bits per heavy atom. The van der Waals surface area contributed by atoms with E-state index >= 15 is 0 Å². The normalized spacial score (nSPS) is 11.2. The van der Waals surface area contributed by atoms with E-state index in [0.29, 0.717) is 5.56 Å². The van der Waals surface area contributed by atoms with Crippen molar-refractivity contribution in [3.05, 3.63) is 44.0 Å². The molecule has 0 N–H and O–H groups in total. The van der Waals surface area contributed by atoms with E-state index < -0.39 is 26.6 Å². The van der Waals surface area contributed by atoms with Crippen molar-refractivity contribution in [2.24, 2.45) is 0 Å². The minimum atomic E-state index is -0.729. The van der Waals surface area contributed by atoms with Crippen molar-refractivity contribution in [2.45, 2.75) is 26.2 Å². The summed E-state index contributed by atoms with van der Waals surface area (Å²) >= 11 is 0. The summed E-state index contributed by atoms with van der Waals surface area (Å²) < 4.78 is 0. The largest absolute Gasteiger partial charge is 0.349 e. The molecule has 1 aromatic carbocycles. The molecule has 0 aromatic heterocycles. The van der Waals surface area contributed by atoms with Crippen molar-refractivity contribution in [1.82, 2.24) is 0 Å². The van der Waals surface area contributed by atoms with Crippen molar-refractivity contribution < 1.29 is 9.85 Å². The van der Waals surface area contributed by atoms with Gasteiger partial charge in [0.15, 0.2) is 0 Å². The number of para-hydroxylation sites is 1. The molecule has 0 saturated carbocycles. The molecule has 1 aromatic rings. The topological polar surface area (TPSA) is 86.3 Å². The van der Waals surface area contributed by atoms with E-state index in [1.807, 2.05) is 0 Å². The molecule has 0 amide bonds. The summed E-state index contributed by atoms with van der Waals surface area (Å²) in [5, 5.41) is 21.6. The Bertz CT molecular complexity index is 449. The van der Waals surface area contributed by atoms with Crippen LogP contribution in [0, 0.1) is 20.2 Å². The van der Waals surface area contributed by atoms with Gasteiger partial charge in [-0.15, -0.1) is 0 Å². The zero-order chi connectivity index (χ0) is 12.5. The number of hydrogen-bond acceptors (Lipinski definition) is 4. The number of rotatable bonds is 2. The minimum absolute atomic E-state index is 0.367. The third kappa shape index (κ3) is 2.16. The molecule has 0 heterocycles. The molecule has 6 heteroatoms. The third-order valence-corrected chi connectivity index (χ3v) is 2.20. The van der Waals surface area contributed by atoms with Gasteiger partial charge in [-0.2, -0.15) is 0 Å². The molecule has 0 atom stereocenters. The predicted octanol–water partition coefficient (Wildman–Crippen LogP) is 2.80. The van der Waals surface area contributed by atoms with E-state index in [1.165, 1.54) is 6.07 Å². The van der Waals surface area contributed by atoms with Crippen molar-refractivity contribution in [3.8, 4) is 0 Å². The predicted molar refractivity (Wildman–Crippen MR) is 58.5 cm³/mol. The standard InChI is InChI=1S/C10H12N2O4/c1-10(2,3)7-5-4-6-8(11(13)14)9(7)12(15)16/h4-6H,1-3H3. The van der Waals surface area contributed by atoms with Crippen LogP contribution in [0.15, 0.2) is 18.2 Å². The van der Waals surface area contributed by atoms with E-state index in [1.54, 1.807) is 26.8 Å². The highest BCUT2D eigenvalue weighted by Crippen LogP contribution is 2.37. The van der Waals surface area contributed by atoms with Crippen LogP contribution in [0.4, 0.5) is 11.4 Å². The second-order valence-corrected chi connectivity index (χ2v) is 4.44. The van der Waals surface area contributed by atoms with Crippen LogP contribution in [0.25, 0.3) is 0 Å². The van der Waals surface area contributed by atoms with Gasteiger partial charge in [0.25, 0.3) is 0 Å². The highest BCUT2D eigenvalue weighted by molar-refractivity contribution is 5.59. The molecule has 0 aliphatic rings. The average Bonchev–Trinajstić information content (AvgIpc) is 2.14. The summed E-state index contributed by atoms with van der Waals surface area (Å²) in [6, 6.07) is 4.16. The van der Waals surface area contributed by atoms with Crippen LogP contribution in [0.5, 0.6) is 0 Å². The van der Waals surface area contributed by atoms with E-state index in [4.69, 9.17) is 0 Å². The second kappa shape index (κ2) is 3.88. The number of nitrogens with zero attached hydrogens (tertiary/aromatic N) is 2. The molecule has 1 rings (SSSR count). The van der Waals surface area contributed by atoms with Gasteiger partial charge in [0.2, 0.25) is 0 Å². The average molecular weight is 224 g/mol. The molecule has 16 heavy (non-hydrogen) atoms. The smallest absolute Gasteiger partial charge is 0.258 e. The second-order valence-electron chi connectivity index (χ2n) is 4.44. The lowest BCUT2D eigenvalue weighted by molar-refractivity contribution is -0.423. The molecule has 86 valence electrons. The van der Waals surface area contributed by atoms with Gasteiger partial charge in [-0.05, 0) is 5.41 Å². The van der Waals surface area contributed by atoms with Gasteiger partial charge >= 0.3 is 11.4 Å². The Kier molecular flexibility index (Phi) is 2.93. The summed E-state index contributed by atoms with van der Waals surface area (Å²) in [6.07, 6.45) is 0. The molecule has 0 aliphatic heterocycles. The SMILES string of the molecule is CC(C)(C)c1cccc([N+](=O)[O-])c1[N+](=O)[O-]. The number of nitro benzene ring substituents is 2. The van der Waals surface area contributed by atoms with E-state index in [-0.39, 0.29) is 0 Å². The maximum Gasteiger partial charge on any atom is 0.349 e. The van der Waals surface area contributed by atoms with Crippen molar-refractivity contribution in [3.63, 3.8) is 0 Å². The van der Waals surface area contributed by atoms with Gasteiger partial charge in [0, 0.05) is 11.6 Å². The minimum Gasteiger partial charge on any atom is -0.258 e. The highest BCUT2D eigenvalue weighted by Gasteiger charge is 2.33. The van der Waals surface area contributed by atoms with Crippen LogP contribution in [0.1, 0.15) is 26.3 Å². The molecule has 0 unspecified atom stereocenters. The lowest BCUT2D eigenvalue weighted by Gasteiger charge is -2.18. The summed E-state index contributed by atoms with van der Waals surface area (Å²) in [5.41, 5.74) is -1.02. The maximum atomic E-state index is 10.9. The first-order valence-electron chi connectivity index (χ1n) is 4.67. The molecular weight excluding hydrogens is 212 g/mol. The molecule has 0 aliphatic carbocycles. The first-order valence-corrected chi connectivity index (χ1v) is 4.67. The van der Waals surface area contributed by atoms with Crippen molar-refractivity contribution in [1.29, 1.82) is 0 Å². The highest BCUT2D eigenvalue weighted by atomic mass is 16.6. The van der Waals surface area contributed by atoms with Gasteiger partial charge in [-0.3, -0.25) is 20.2 Å². The first kappa shape index (κ1) is 12.1. The fourth-order valence-electron chi connectivity index (χ4n) is 1.48. The quantitative estimate of drug-likeness (QED) is 0.570. The zero-order valence-corrected chi connectivity index (χ0v) is 9.26. The Hall–Kier alpha value is -1.98. The molecule has 0 spiro atoms. The lowest BCUT2D eigenvalue weighted by atomic mass is 9.85. The summed E-state index contributed by atoms with van der Waals surface area (Å²) in [5.74, 6) is 0. The Morgan fingerprint density at radius 3 is 2.00 bits per heavy atom. The van der Waals surface area contributed by atoms with Crippen LogP contribution in [0.3, 0.4) is 0 Å². The first-order chi connectivity index (χ1) is 7.25. The number of benzene rings is 1. The fourth-order valence-corrected chi connectivity index (χ4v) is 1.48. The third-order valence-electron chi connectivity index (χ3n) is 2.20. The van der Waals surface area contributed by atoms with E-state index in [2.05, 4.69) is 0 Å². The summed E-state index contributed by atoms with van der Waals surface area (Å²) in [6.45, 7) is 5.33. The Labute approximate surface area is 92.2 Å². The summed E-state index contributed by atoms with van der Waals surface area (Å²) in [7, 11) is 0.